The van der Waals surface area contributed by atoms with Gasteiger partial charge in [-0.15, -0.1) is 11.3 Å². The van der Waals surface area contributed by atoms with E-state index in [1.54, 1.807) is 36.5 Å². The predicted molar refractivity (Wildman–Crippen MR) is 77.8 cm³/mol. The number of amides is 1. The monoisotopic (exact) mass is 275 g/mol. The minimum absolute atomic E-state index is 0.0629. The molecule has 3 nitrogen and oxygen atoms in total. The second-order valence-corrected chi connectivity index (χ2v) is 5.64. The van der Waals surface area contributed by atoms with E-state index >= 15 is 0 Å². The normalized spacial score (nSPS) is 12.1. The molecular weight excluding hydrogens is 258 g/mol. The van der Waals surface area contributed by atoms with Crippen molar-refractivity contribution >= 4 is 17.2 Å². The van der Waals surface area contributed by atoms with E-state index in [0.29, 0.717) is 11.1 Å². The van der Waals surface area contributed by atoms with Gasteiger partial charge in [-0.3, -0.25) is 4.79 Å². The minimum Gasteiger partial charge on any atom is -0.508 e. The molecule has 0 bridgehead atoms. The number of aromatic hydroxyl groups is 1. The number of thiophene rings is 1. The molecule has 2 aromatic rings. The largest absolute Gasteiger partial charge is 0.508 e. The molecule has 0 saturated heterocycles. The number of carbonyl (C=O) groups is 1. The standard InChI is InChI=1S/C15H17NO2S/c1-10(9-12-5-4-8-19-12)16-15(18)13-6-3-7-14(17)11(13)2/h3-8,10,17H,9H2,1-2H3,(H,16,18)/t10-/m1/s1. The van der Waals surface area contributed by atoms with Gasteiger partial charge in [-0.05, 0) is 37.4 Å². The van der Waals surface area contributed by atoms with Crippen molar-refractivity contribution in [2.24, 2.45) is 0 Å². The van der Waals surface area contributed by atoms with E-state index in [4.69, 9.17) is 0 Å². The number of phenolic OH excluding ortho intramolecular Hbond substituents is 1. The predicted octanol–water partition coefficient (Wildman–Crippen LogP) is 3.12. The van der Waals surface area contributed by atoms with Crippen LogP contribution in [0.1, 0.15) is 27.7 Å². The van der Waals surface area contributed by atoms with E-state index in [0.717, 1.165) is 6.42 Å². The van der Waals surface area contributed by atoms with Crippen molar-refractivity contribution < 1.29 is 9.90 Å². The second kappa shape index (κ2) is 5.89. The zero-order valence-electron chi connectivity index (χ0n) is 11.0. The Labute approximate surface area is 116 Å². The van der Waals surface area contributed by atoms with E-state index in [9.17, 15) is 9.90 Å². The van der Waals surface area contributed by atoms with Gasteiger partial charge in [0.1, 0.15) is 5.75 Å². The lowest BCUT2D eigenvalue weighted by Gasteiger charge is -2.14. The number of carbonyl (C=O) groups excluding carboxylic acids is 1. The molecule has 1 heterocycles. The Morgan fingerprint density at radius 2 is 2.16 bits per heavy atom. The molecular formula is C15H17NO2S. The highest BCUT2D eigenvalue weighted by molar-refractivity contribution is 7.09. The summed E-state index contributed by atoms with van der Waals surface area (Å²) < 4.78 is 0. The number of hydrogen-bond acceptors (Lipinski definition) is 3. The van der Waals surface area contributed by atoms with E-state index < -0.39 is 0 Å². The smallest absolute Gasteiger partial charge is 0.251 e. The maximum Gasteiger partial charge on any atom is 0.251 e. The SMILES string of the molecule is Cc1c(O)cccc1C(=O)N[C@H](C)Cc1cccs1. The van der Waals surface area contributed by atoms with Crippen LogP contribution in [-0.4, -0.2) is 17.1 Å². The van der Waals surface area contributed by atoms with Gasteiger partial charge in [0.2, 0.25) is 0 Å². The maximum absolute atomic E-state index is 12.1. The first kappa shape index (κ1) is 13.6. The second-order valence-electron chi connectivity index (χ2n) is 4.61. The Bertz CT molecular complexity index is 564. The lowest BCUT2D eigenvalue weighted by Crippen LogP contribution is -2.34. The highest BCUT2D eigenvalue weighted by Crippen LogP contribution is 2.19. The summed E-state index contributed by atoms with van der Waals surface area (Å²) in [6, 6.07) is 9.12. The van der Waals surface area contributed by atoms with Crippen LogP contribution in [0.5, 0.6) is 5.75 Å². The Morgan fingerprint density at radius 1 is 1.37 bits per heavy atom. The average molecular weight is 275 g/mol. The number of nitrogens with one attached hydrogen (secondary N) is 1. The third-order valence-electron chi connectivity index (χ3n) is 3.01. The van der Waals surface area contributed by atoms with Gasteiger partial charge in [0, 0.05) is 28.5 Å². The first-order valence-electron chi connectivity index (χ1n) is 6.19. The molecule has 1 amide bonds. The molecule has 19 heavy (non-hydrogen) atoms. The van der Waals surface area contributed by atoms with Crippen LogP contribution in [0, 0.1) is 6.92 Å². The summed E-state index contributed by atoms with van der Waals surface area (Å²) in [4.78, 5) is 13.4. The fourth-order valence-corrected chi connectivity index (χ4v) is 2.79. The zero-order chi connectivity index (χ0) is 13.8. The van der Waals surface area contributed by atoms with Crippen LogP contribution in [-0.2, 0) is 6.42 Å². The summed E-state index contributed by atoms with van der Waals surface area (Å²) in [6.07, 6.45) is 0.821. The van der Waals surface area contributed by atoms with Gasteiger partial charge in [0.15, 0.2) is 0 Å². The number of hydrogen-bond donors (Lipinski definition) is 2. The van der Waals surface area contributed by atoms with E-state index in [-0.39, 0.29) is 17.7 Å². The zero-order valence-corrected chi connectivity index (χ0v) is 11.8. The summed E-state index contributed by atoms with van der Waals surface area (Å²) >= 11 is 1.69. The van der Waals surface area contributed by atoms with Crippen molar-refractivity contribution in [2.45, 2.75) is 26.3 Å². The molecule has 0 aliphatic rings. The van der Waals surface area contributed by atoms with Crippen molar-refractivity contribution in [3.63, 3.8) is 0 Å². The van der Waals surface area contributed by atoms with E-state index in [2.05, 4.69) is 11.4 Å². The fourth-order valence-electron chi connectivity index (χ4n) is 1.95. The van der Waals surface area contributed by atoms with Crippen LogP contribution >= 0.6 is 11.3 Å². The molecule has 2 N–H and O–H groups in total. The number of benzene rings is 1. The van der Waals surface area contributed by atoms with Crippen LogP contribution < -0.4 is 5.32 Å². The summed E-state index contributed by atoms with van der Waals surface area (Å²) in [5, 5.41) is 14.6. The van der Waals surface area contributed by atoms with Crippen molar-refractivity contribution in [1.29, 1.82) is 0 Å². The first-order chi connectivity index (χ1) is 9.08. The topological polar surface area (TPSA) is 49.3 Å². The van der Waals surface area contributed by atoms with Gasteiger partial charge in [0.05, 0.1) is 0 Å². The molecule has 0 unspecified atom stereocenters. The van der Waals surface area contributed by atoms with Gasteiger partial charge in [-0.25, -0.2) is 0 Å². The van der Waals surface area contributed by atoms with Gasteiger partial charge in [0.25, 0.3) is 5.91 Å². The molecule has 1 aromatic heterocycles. The highest BCUT2D eigenvalue weighted by atomic mass is 32.1. The summed E-state index contributed by atoms with van der Waals surface area (Å²) in [5.41, 5.74) is 1.14. The van der Waals surface area contributed by atoms with Crippen molar-refractivity contribution in [3.05, 3.63) is 51.7 Å². The first-order valence-corrected chi connectivity index (χ1v) is 7.07. The Kier molecular flexibility index (Phi) is 4.22. The molecule has 4 heteroatoms. The highest BCUT2D eigenvalue weighted by Gasteiger charge is 2.14. The minimum atomic E-state index is -0.141. The summed E-state index contributed by atoms with van der Waals surface area (Å²) in [6.45, 7) is 3.73. The third-order valence-corrected chi connectivity index (χ3v) is 3.91. The lowest BCUT2D eigenvalue weighted by molar-refractivity contribution is 0.0939. The Hall–Kier alpha value is -1.81. The Morgan fingerprint density at radius 3 is 2.84 bits per heavy atom. The van der Waals surface area contributed by atoms with Crippen molar-refractivity contribution in [3.8, 4) is 5.75 Å². The maximum atomic E-state index is 12.1. The van der Waals surface area contributed by atoms with Crippen LogP contribution in [0.3, 0.4) is 0 Å². The number of phenols is 1. The summed E-state index contributed by atoms with van der Waals surface area (Å²) in [7, 11) is 0. The van der Waals surface area contributed by atoms with Crippen molar-refractivity contribution in [1.82, 2.24) is 5.32 Å². The molecule has 2 rings (SSSR count). The molecule has 0 radical (unpaired) electrons. The van der Waals surface area contributed by atoms with Crippen molar-refractivity contribution in [2.75, 3.05) is 0 Å². The van der Waals surface area contributed by atoms with Crippen LogP contribution in [0.4, 0.5) is 0 Å². The van der Waals surface area contributed by atoms with Crippen LogP contribution in [0.15, 0.2) is 35.7 Å². The molecule has 0 saturated carbocycles. The molecule has 0 aliphatic heterocycles. The number of rotatable bonds is 4. The molecule has 1 aromatic carbocycles. The quantitative estimate of drug-likeness (QED) is 0.900. The van der Waals surface area contributed by atoms with Crippen LogP contribution in [0.2, 0.25) is 0 Å². The summed E-state index contributed by atoms with van der Waals surface area (Å²) in [5.74, 6) is 0.0102. The molecule has 100 valence electrons. The fraction of sp³-hybridized carbons (Fsp3) is 0.267. The Balaban J connectivity index is 2.02. The van der Waals surface area contributed by atoms with Gasteiger partial charge < -0.3 is 10.4 Å². The lowest BCUT2D eigenvalue weighted by atomic mass is 10.1. The van der Waals surface area contributed by atoms with Gasteiger partial charge in [-0.1, -0.05) is 12.1 Å². The van der Waals surface area contributed by atoms with Gasteiger partial charge >= 0.3 is 0 Å². The molecule has 0 spiro atoms. The molecule has 1 atom stereocenters. The molecule has 0 aliphatic carbocycles. The van der Waals surface area contributed by atoms with Gasteiger partial charge in [-0.2, -0.15) is 0 Å². The van der Waals surface area contributed by atoms with E-state index in [1.165, 1.54) is 4.88 Å². The van der Waals surface area contributed by atoms with Crippen LogP contribution in [0.25, 0.3) is 0 Å². The third kappa shape index (κ3) is 3.35. The molecule has 0 fully saturated rings. The average Bonchev–Trinajstić information content (AvgIpc) is 2.85. The van der Waals surface area contributed by atoms with E-state index in [1.807, 2.05) is 18.4 Å².